The van der Waals surface area contributed by atoms with Crippen LogP contribution in [0.4, 0.5) is 0 Å². The minimum atomic E-state index is -2.93. The van der Waals surface area contributed by atoms with Crippen molar-refractivity contribution in [2.24, 2.45) is 11.7 Å². The van der Waals surface area contributed by atoms with Crippen molar-refractivity contribution in [3.05, 3.63) is 0 Å². The van der Waals surface area contributed by atoms with E-state index in [0.717, 1.165) is 25.9 Å². The number of carbonyl (C=O) groups is 1. The summed E-state index contributed by atoms with van der Waals surface area (Å²) in [4.78, 5) is 14.0. The predicted octanol–water partition coefficient (Wildman–Crippen LogP) is -1.04. The zero-order valence-electron chi connectivity index (χ0n) is 11.2. The molecule has 2 rings (SSSR count). The molecule has 2 unspecified atom stereocenters. The van der Waals surface area contributed by atoms with Crippen LogP contribution >= 0.6 is 0 Å². The molecule has 2 aliphatic heterocycles. The van der Waals surface area contributed by atoms with Gasteiger partial charge in [-0.2, -0.15) is 0 Å². The molecule has 0 spiro atoms. The third kappa shape index (κ3) is 4.43. The lowest BCUT2D eigenvalue weighted by Gasteiger charge is -2.31. The highest BCUT2D eigenvalue weighted by atomic mass is 32.2. The lowest BCUT2D eigenvalue weighted by molar-refractivity contribution is -0.123. The lowest BCUT2D eigenvalue weighted by Crippen LogP contribution is -2.46. The van der Waals surface area contributed by atoms with E-state index >= 15 is 0 Å². The third-order valence-electron chi connectivity index (χ3n) is 3.90. The van der Waals surface area contributed by atoms with Gasteiger partial charge in [-0.1, -0.05) is 0 Å². The van der Waals surface area contributed by atoms with E-state index in [4.69, 9.17) is 5.73 Å². The summed E-state index contributed by atoms with van der Waals surface area (Å²) in [6.45, 7) is 2.81. The molecular weight excluding hydrogens is 266 g/mol. The van der Waals surface area contributed by atoms with Gasteiger partial charge in [0.2, 0.25) is 5.91 Å². The Kier molecular flexibility index (Phi) is 4.81. The van der Waals surface area contributed by atoms with E-state index in [1.54, 1.807) is 0 Å². The zero-order chi connectivity index (χ0) is 13.9. The van der Waals surface area contributed by atoms with Crippen molar-refractivity contribution in [1.82, 2.24) is 10.2 Å². The number of carbonyl (C=O) groups excluding carboxylic acids is 1. The molecule has 0 bridgehead atoms. The quantitative estimate of drug-likeness (QED) is 0.690. The molecule has 2 aliphatic rings. The molecule has 0 radical (unpaired) electrons. The van der Waals surface area contributed by atoms with Crippen LogP contribution in [-0.4, -0.2) is 63.0 Å². The van der Waals surface area contributed by atoms with E-state index in [-0.39, 0.29) is 23.5 Å². The summed E-state index contributed by atoms with van der Waals surface area (Å²) in [5.41, 5.74) is 5.66. The van der Waals surface area contributed by atoms with Crippen molar-refractivity contribution in [2.75, 3.05) is 37.7 Å². The van der Waals surface area contributed by atoms with Gasteiger partial charge in [-0.25, -0.2) is 8.42 Å². The van der Waals surface area contributed by atoms with Gasteiger partial charge in [0.15, 0.2) is 9.84 Å². The number of nitrogens with two attached hydrogens (primary N) is 1. The Balaban J connectivity index is 1.75. The summed E-state index contributed by atoms with van der Waals surface area (Å²) in [7, 11) is -2.93. The highest BCUT2D eigenvalue weighted by molar-refractivity contribution is 7.91. The Hall–Kier alpha value is -0.660. The molecule has 2 fully saturated rings. The first kappa shape index (κ1) is 14.7. The average Bonchev–Trinajstić information content (AvgIpc) is 2.68. The maximum absolute atomic E-state index is 11.9. The number of sulfone groups is 1. The molecule has 110 valence electrons. The topological polar surface area (TPSA) is 92.5 Å². The largest absolute Gasteiger partial charge is 0.351 e. The predicted molar refractivity (Wildman–Crippen MR) is 73.4 cm³/mol. The number of rotatable bonds is 4. The van der Waals surface area contributed by atoms with Gasteiger partial charge in [-0.15, -0.1) is 0 Å². The van der Waals surface area contributed by atoms with Crippen LogP contribution in [0.3, 0.4) is 0 Å². The summed E-state index contributed by atoms with van der Waals surface area (Å²) < 4.78 is 22.6. The molecule has 0 aliphatic carbocycles. The van der Waals surface area contributed by atoms with Crippen LogP contribution in [0.1, 0.15) is 19.3 Å². The Morgan fingerprint density at radius 1 is 1.37 bits per heavy atom. The molecular formula is C12H23N3O3S. The summed E-state index contributed by atoms with van der Waals surface area (Å²) in [6, 6.07) is -0.201. The van der Waals surface area contributed by atoms with Gasteiger partial charge < -0.3 is 11.1 Å². The fourth-order valence-corrected chi connectivity index (χ4v) is 4.55. The van der Waals surface area contributed by atoms with Gasteiger partial charge in [0.1, 0.15) is 0 Å². The van der Waals surface area contributed by atoms with Crippen molar-refractivity contribution in [3.63, 3.8) is 0 Å². The Morgan fingerprint density at radius 3 is 2.79 bits per heavy atom. The van der Waals surface area contributed by atoms with Gasteiger partial charge in [0.05, 0.1) is 18.1 Å². The van der Waals surface area contributed by atoms with Crippen LogP contribution in [-0.2, 0) is 14.6 Å². The smallest absolute Gasteiger partial charge is 0.234 e. The second-order valence-electron chi connectivity index (χ2n) is 5.65. The minimum absolute atomic E-state index is 0.0697. The molecule has 19 heavy (non-hydrogen) atoms. The summed E-state index contributed by atoms with van der Waals surface area (Å²) in [5, 5.41) is 2.82. The van der Waals surface area contributed by atoms with Gasteiger partial charge in [-0.3, -0.25) is 9.69 Å². The summed E-state index contributed by atoms with van der Waals surface area (Å²) >= 11 is 0. The molecule has 0 aromatic heterocycles. The highest BCUT2D eigenvalue weighted by Gasteiger charge is 2.29. The van der Waals surface area contributed by atoms with E-state index in [9.17, 15) is 13.2 Å². The van der Waals surface area contributed by atoms with Crippen LogP contribution in [0, 0.1) is 5.92 Å². The van der Waals surface area contributed by atoms with Crippen LogP contribution in [0.2, 0.25) is 0 Å². The minimum Gasteiger partial charge on any atom is -0.351 e. The highest BCUT2D eigenvalue weighted by Crippen LogP contribution is 2.15. The van der Waals surface area contributed by atoms with E-state index in [1.807, 2.05) is 0 Å². The number of amides is 1. The number of piperidine rings is 1. The molecule has 3 N–H and O–H groups in total. The van der Waals surface area contributed by atoms with Crippen LogP contribution in [0.15, 0.2) is 0 Å². The summed E-state index contributed by atoms with van der Waals surface area (Å²) in [6.07, 6.45) is 2.75. The molecule has 2 saturated heterocycles. The second-order valence-corrected chi connectivity index (χ2v) is 7.88. The van der Waals surface area contributed by atoms with Gasteiger partial charge >= 0.3 is 0 Å². The second kappa shape index (κ2) is 6.19. The number of hydrogen-bond donors (Lipinski definition) is 2. The van der Waals surface area contributed by atoms with Crippen molar-refractivity contribution >= 4 is 15.7 Å². The number of nitrogens with one attached hydrogen (secondary N) is 1. The van der Waals surface area contributed by atoms with Crippen molar-refractivity contribution < 1.29 is 13.2 Å². The number of nitrogens with zero attached hydrogens (tertiary/aromatic N) is 1. The maximum atomic E-state index is 11.9. The molecule has 6 nitrogen and oxygen atoms in total. The van der Waals surface area contributed by atoms with Gasteiger partial charge in [-0.05, 0) is 38.3 Å². The molecule has 0 aromatic rings. The van der Waals surface area contributed by atoms with E-state index < -0.39 is 9.84 Å². The fourth-order valence-electron chi connectivity index (χ4n) is 2.87. The molecule has 7 heteroatoms. The van der Waals surface area contributed by atoms with E-state index in [2.05, 4.69) is 10.2 Å². The van der Waals surface area contributed by atoms with Gasteiger partial charge in [0.25, 0.3) is 0 Å². The summed E-state index contributed by atoms with van der Waals surface area (Å²) in [5.74, 6) is 0.689. The first-order chi connectivity index (χ1) is 8.98. The van der Waals surface area contributed by atoms with Crippen molar-refractivity contribution in [3.8, 4) is 0 Å². The molecule has 1 amide bonds. The van der Waals surface area contributed by atoms with Crippen molar-refractivity contribution in [1.29, 1.82) is 0 Å². The van der Waals surface area contributed by atoms with Crippen molar-refractivity contribution in [2.45, 2.75) is 25.3 Å². The Labute approximate surface area is 114 Å². The average molecular weight is 289 g/mol. The molecule has 2 atom stereocenters. The molecule has 0 aromatic carbocycles. The van der Waals surface area contributed by atoms with E-state index in [1.165, 1.54) is 0 Å². The maximum Gasteiger partial charge on any atom is 0.234 e. The first-order valence-electron chi connectivity index (χ1n) is 6.91. The number of likely N-dealkylation sites (tertiary alicyclic amines) is 1. The SMILES string of the molecule is NCC1CCCN(CC(=O)NC2CCS(=O)(=O)C2)C1. The normalized spacial score (nSPS) is 31.2. The van der Waals surface area contributed by atoms with Crippen LogP contribution < -0.4 is 11.1 Å². The van der Waals surface area contributed by atoms with Crippen LogP contribution in [0.25, 0.3) is 0 Å². The zero-order valence-corrected chi connectivity index (χ0v) is 12.0. The Bertz CT molecular complexity index is 424. The van der Waals surface area contributed by atoms with E-state index in [0.29, 0.717) is 25.4 Å². The first-order valence-corrected chi connectivity index (χ1v) is 8.73. The molecule has 0 saturated carbocycles. The lowest BCUT2D eigenvalue weighted by atomic mass is 9.98. The fraction of sp³-hybridized carbons (Fsp3) is 0.917. The monoisotopic (exact) mass is 289 g/mol. The Morgan fingerprint density at radius 2 is 2.16 bits per heavy atom. The van der Waals surface area contributed by atoms with Gasteiger partial charge in [0, 0.05) is 12.6 Å². The third-order valence-corrected chi connectivity index (χ3v) is 5.67. The standard InChI is InChI=1S/C12H23N3O3S/c13-6-10-2-1-4-15(7-10)8-12(16)14-11-3-5-19(17,18)9-11/h10-11H,1-9,13H2,(H,14,16). The number of hydrogen-bond acceptors (Lipinski definition) is 5. The molecule has 2 heterocycles. The van der Waals surface area contributed by atoms with Crippen LogP contribution in [0.5, 0.6) is 0 Å².